The van der Waals surface area contributed by atoms with Crippen LogP contribution in [0.25, 0.3) is 0 Å². The number of nitrogens with two attached hydrogens (primary N) is 1. The predicted octanol–water partition coefficient (Wildman–Crippen LogP) is 1.73. The standard InChI is InChI=1S/C14H19N5OS2/c1-21-11-2-5-22-12(11)13(20)16-8-14(3-4-14)9-19-7-10(6-15)17-18-19/h2,5,7H,3-4,6,8-9,15H2,1H3,(H,16,20). The van der Waals surface area contributed by atoms with Gasteiger partial charge in [-0.1, -0.05) is 5.21 Å². The Kier molecular flexibility index (Phi) is 4.51. The van der Waals surface area contributed by atoms with Gasteiger partial charge >= 0.3 is 0 Å². The number of carbonyl (C=O) groups excluding carboxylic acids is 1. The molecule has 0 spiro atoms. The van der Waals surface area contributed by atoms with E-state index >= 15 is 0 Å². The third-order valence-corrected chi connectivity index (χ3v) is 5.75. The SMILES string of the molecule is CSc1ccsc1C(=O)NCC1(Cn2cc(CN)nn2)CC1. The topological polar surface area (TPSA) is 85.8 Å². The quantitative estimate of drug-likeness (QED) is 0.752. The van der Waals surface area contributed by atoms with Crippen molar-refractivity contribution in [3.8, 4) is 0 Å². The van der Waals surface area contributed by atoms with Crippen molar-refractivity contribution >= 4 is 29.0 Å². The smallest absolute Gasteiger partial charge is 0.262 e. The Hall–Kier alpha value is -1.38. The highest BCUT2D eigenvalue weighted by Crippen LogP contribution is 2.46. The normalized spacial score (nSPS) is 15.7. The van der Waals surface area contributed by atoms with Crippen LogP contribution in [-0.2, 0) is 13.1 Å². The zero-order valence-corrected chi connectivity index (χ0v) is 14.0. The summed E-state index contributed by atoms with van der Waals surface area (Å²) in [6.45, 7) is 1.86. The lowest BCUT2D eigenvalue weighted by atomic mass is 10.1. The van der Waals surface area contributed by atoms with Gasteiger partial charge in [-0.3, -0.25) is 9.48 Å². The van der Waals surface area contributed by atoms with Crippen molar-refractivity contribution in [2.75, 3.05) is 12.8 Å². The third kappa shape index (κ3) is 3.34. The van der Waals surface area contributed by atoms with E-state index in [0.29, 0.717) is 13.1 Å². The number of carbonyl (C=O) groups is 1. The highest BCUT2D eigenvalue weighted by molar-refractivity contribution is 7.98. The maximum Gasteiger partial charge on any atom is 0.262 e. The summed E-state index contributed by atoms with van der Waals surface area (Å²) >= 11 is 3.09. The molecule has 1 aliphatic carbocycles. The molecule has 0 atom stereocenters. The van der Waals surface area contributed by atoms with Crippen LogP contribution in [0.4, 0.5) is 0 Å². The Bertz CT molecular complexity index is 662. The third-order valence-electron chi connectivity index (χ3n) is 3.93. The van der Waals surface area contributed by atoms with E-state index in [1.165, 1.54) is 11.3 Å². The molecule has 3 N–H and O–H groups in total. The Morgan fingerprint density at radius 1 is 1.59 bits per heavy atom. The minimum atomic E-state index is 0.0202. The van der Waals surface area contributed by atoms with Gasteiger partial charge in [-0.25, -0.2) is 0 Å². The fourth-order valence-electron chi connectivity index (χ4n) is 2.39. The van der Waals surface area contributed by atoms with Crippen LogP contribution in [0.3, 0.4) is 0 Å². The zero-order valence-electron chi connectivity index (χ0n) is 12.4. The molecule has 2 aromatic heterocycles. The summed E-state index contributed by atoms with van der Waals surface area (Å²) in [6, 6.07) is 1.99. The number of hydrogen-bond donors (Lipinski definition) is 2. The fraction of sp³-hybridized carbons (Fsp3) is 0.500. The van der Waals surface area contributed by atoms with Crippen LogP contribution in [0.15, 0.2) is 22.5 Å². The molecule has 22 heavy (non-hydrogen) atoms. The number of rotatable bonds is 7. The summed E-state index contributed by atoms with van der Waals surface area (Å²) in [5.74, 6) is 0.0202. The minimum absolute atomic E-state index is 0.0202. The molecular weight excluding hydrogens is 318 g/mol. The van der Waals surface area contributed by atoms with Gasteiger partial charge in [0.15, 0.2) is 0 Å². The molecule has 0 radical (unpaired) electrons. The van der Waals surface area contributed by atoms with Crippen LogP contribution < -0.4 is 11.1 Å². The average Bonchev–Trinajstić information content (AvgIpc) is 2.94. The number of aromatic nitrogens is 3. The second kappa shape index (κ2) is 6.39. The summed E-state index contributed by atoms with van der Waals surface area (Å²) in [5, 5.41) is 13.1. The lowest BCUT2D eigenvalue weighted by molar-refractivity contribution is 0.0944. The summed E-state index contributed by atoms with van der Waals surface area (Å²) < 4.78 is 1.83. The van der Waals surface area contributed by atoms with Crippen LogP contribution in [-0.4, -0.2) is 33.7 Å². The molecule has 1 fully saturated rings. The van der Waals surface area contributed by atoms with Gasteiger partial charge < -0.3 is 11.1 Å². The lowest BCUT2D eigenvalue weighted by Gasteiger charge is -2.15. The molecule has 1 aliphatic rings. The molecular formula is C14H19N5OS2. The zero-order chi connectivity index (χ0) is 15.6. The predicted molar refractivity (Wildman–Crippen MR) is 88.0 cm³/mol. The molecule has 0 aromatic carbocycles. The molecule has 2 heterocycles. The molecule has 3 rings (SSSR count). The van der Waals surface area contributed by atoms with Crippen molar-refractivity contribution in [3.63, 3.8) is 0 Å². The van der Waals surface area contributed by atoms with Gasteiger partial charge in [-0.15, -0.1) is 28.2 Å². The molecule has 118 valence electrons. The Morgan fingerprint density at radius 2 is 2.41 bits per heavy atom. The second-order valence-electron chi connectivity index (χ2n) is 5.61. The highest BCUT2D eigenvalue weighted by atomic mass is 32.2. The van der Waals surface area contributed by atoms with Gasteiger partial charge in [0.2, 0.25) is 0 Å². The van der Waals surface area contributed by atoms with E-state index in [-0.39, 0.29) is 11.3 Å². The van der Waals surface area contributed by atoms with Crippen LogP contribution in [0.5, 0.6) is 0 Å². The largest absolute Gasteiger partial charge is 0.351 e. The number of hydrogen-bond acceptors (Lipinski definition) is 6. The van der Waals surface area contributed by atoms with Gasteiger partial charge in [-0.2, -0.15) is 0 Å². The Labute approximate surface area is 137 Å². The number of nitrogens with zero attached hydrogens (tertiary/aromatic N) is 3. The van der Waals surface area contributed by atoms with E-state index in [9.17, 15) is 4.79 Å². The molecule has 0 unspecified atom stereocenters. The van der Waals surface area contributed by atoms with Gasteiger partial charge in [0.1, 0.15) is 4.88 Å². The number of amides is 1. The molecule has 8 heteroatoms. The first-order valence-corrected chi connectivity index (χ1v) is 9.25. The maximum absolute atomic E-state index is 12.3. The average molecular weight is 337 g/mol. The van der Waals surface area contributed by atoms with Gasteiger partial charge in [0, 0.05) is 36.1 Å². The summed E-state index contributed by atoms with van der Waals surface area (Å²) in [5.41, 5.74) is 6.46. The van der Waals surface area contributed by atoms with Crippen LogP contribution in [0.2, 0.25) is 0 Å². The highest BCUT2D eigenvalue weighted by Gasteiger charge is 2.43. The van der Waals surface area contributed by atoms with E-state index in [2.05, 4.69) is 15.6 Å². The van der Waals surface area contributed by atoms with Crippen molar-refractivity contribution in [3.05, 3.63) is 28.2 Å². The molecule has 6 nitrogen and oxygen atoms in total. The van der Waals surface area contributed by atoms with Crippen molar-refractivity contribution in [2.24, 2.45) is 11.1 Å². The minimum Gasteiger partial charge on any atom is -0.351 e. The van der Waals surface area contributed by atoms with Crippen molar-refractivity contribution in [2.45, 2.75) is 30.8 Å². The first-order valence-electron chi connectivity index (χ1n) is 7.14. The van der Waals surface area contributed by atoms with Gasteiger partial charge in [0.05, 0.1) is 5.69 Å². The van der Waals surface area contributed by atoms with Crippen molar-refractivity contribution in [1.82, 2.24) is 20.3 Å². The van der Waals surface area contributed by atoms with Crippen molar-refractivity contribution < 1.29 is 4.79 Å². The molecule has 1 amide bonds. The summed E-state index contributed by atoms with van der Waals surface area (Å²) in [7, 11) is 0. The van der Waals surface area contributed by atoms with Crippen LogP contribution in [0.1, 0.15) is 28.2 Å². The monoisotopic (exact) mass is 337 g/mol. The molecule has 1 saturated carbocycles. The second-order valence-corrected chi connectivity index (χ2v) is 7.38. The molecule has 0 bridgehead atoms. The number of thioether (sulfide) groups is 1. The Balaban J connectivity index is 1.57. The van der Waals surface area contributed by atoms with Crippen LogP contribution in [0, 0.1) is 5.41 Å². The van der Waals surface area contributed by atoms with Gasteiger partial charge in [-0.05, 0) is 30.5 Å². The summed E-state index contributed by atoms with van der Waals surface area (Å²) in [6.07, 6.45) is 6.07. The van der Waals surface area contributed by atoms with E-state index in [1.807, 2.05) is 28.6 Å². The van der Waals surface area contributed by atoms with Crippen LogP contribution >= 0.6 is 23.1 Å². The molecule has 0 aliphatic heterocycles. The van der Waals surface area contributed by atoms with E-state index < -0.39 is 0 Å². The first kappa shape index (κ1) is 15.5. The number of nitrogens with one attached hydrogen (secondary N) is 1. The van der Waals surface area contributed by atoms with E-state index in [0.717, 1.165) is 34.9 Å². The van der Waals surface area contributed by atoms with E-state index in [4.69, 9.17) is 5.73 Å². The first-order chi connectivity index (χ1) is 10.7. The lowest BCUT2D eigenvalue weighted by Crippen LogP contribution is -2.32. The Morgan fingerprint density at radius 3 is 3.05 bits per heavy atom. The van der Waals surface area contributed by atoms with Crippen molar-refractivity contribution in [1.29, 1.82) is 0 Å². The maximum atomic E-state index is 12.3. The fourth-order valence-corrected chi connectivity index (χ4v) is 4.06. The molecule has 0 saturated heterocycles. The molecule has 2 aromatic rings. The number of thiophene rings is 1. The summed E-state index contributed by atoms with van der Waals surface area (Å²) in [4.78, 5) is 14.1. The van der Waals surface area contributed by atoms with Gasteiger partial charge in [0.25, 0.3) is 5.91 Å². The van der Waals surface area contributed by atoms with E-state index in [1.54, 1.807) is 11.8 Å².